The van der Waals surface area contributed by atoms with Gasteiger partial charge in [0.15, 0.2) is 0 Å². The molecule has 1 aliphatic rings. The zero-order chi connectivity index (χ0) is 22.0. The number of carbonyl (C=O) groups excluding carboxylic acids is 1. The largest absolute Gasteiger partial charge is 0.388 e. The van der Waals surface area contributed by atoms with Gasteiger partial charge in [0.1, 0.15) is 5.52 Å². The molecule has 1 amide bonds. The number of fused-ring (bicyclic) bond motifs is 1. The number of nitrogens with zero attached hydrogens (tertiary/aromatic N) is 4. The zero-order valence-electron chi connectivity index (χ0n) is 18.1. The number of amides is 1. The summed E-state index contributed by atoms with van der Waals surface area (Å²) in [6, 6.07) is 13.3. The number of aryl methyl sites for hydroxylation is 1. The van der Waals surface area contributed by atoms with Crippen molar-refractivity contribution in [3.8, 4) is 0 Å². The van der Waals surface area contributed by atoms with Crippen LogP contribution in [0.1, 0.15) is 34.5 Å². The number of piperidine rings is 1. The Hall–Kier alpha value is -3.03. The predicted molar refractivity (Wildman–Crippen MR) is 122 cm³/mol. The number of pyridine rings is 2. The van der Waals surface area contributed by atoms with Crippen LogP contribution in [-0.4, -0.2) is 58.2 Å². The van der Waals surface area contributed by atoms with Gasteiger partial charge in [-0.25, -0.2) is 4.98 Å². The first-order chi connectivity index (χ1) is 14.9. The van der Waals surface area contributed by atoms with Crippen LogP contribution in [0, 0.1) is 6.92 Å². The molecule has 0 radical (unpaired) electrons. The second-order valence-corrected chi connectivity index (χ2v) is 8.43. The molecule has 2 aromatic heterocycles. The third-order valence-electron chi connectivity index (χ3n) is 6.02. The van der Waals surface area contributed by atoms with Crippen LogP contribution >= 0.6 is 0 Å². The van der Waals surface area contributed by atoms with E-state index < -0.39 is 5.60 Å². The second-order valence-electron chi connectivity index (χ2n) is 8.43. The van der Waals surface area contributed by atoms with E-state index >= 15 is 0 Å². The molecule has 3 aromatic rings. The molecular formula is C24H29N5O2. The maximum atomic E-state index is 12.8. The number of likely N-dealkylation sites (N-methyl/N-ethyl adjacent to an activating group) is 1. The van der Waals surface area contributed by atoms with E-state index in [1.54, 1.807) is 24.2 Å². The minimum absolute atomic E-state index is 0.106. The van der Waals surface area contributed by atoms with E-state index in [1.165, 1.54) is 0 Å². The van der Waals surface area contributed by atoms with Crippen LogP contribution in [-0.2, 0) is 6.54 Å². The summed E-state index contributed by atoms with van der Waals surface area (Å²) in [4.78, 5) is 25.8. The summed E-state index contributed by atoms with van der Waals surface area (Å²) in [6.07, 6.45) is 2.95. The SMILES string of the molecule is Cc1ccc2nccc(N3CCC(O)(CN(C)C(=O)c4cccc(CN)c4)CC3)c2n1. The van der Waals surface area contributed by atoms with Crippen molar-refractivity contribution < 1.29 is 9.90 Å². The van der Waals surface area contributed by atoms with E-state index in [0.717, 1.165) is 28.0 Å². The third-order valence-corrected chi connectivity index (χ3v) is 6.02. The first-order valence-corrected chi connectivity index (χ1v) is 10.6. The molecule has 0 bridgehead atoms. The second kappa shape index (κ2) is 8.61. The number of aromatic nitrogens is 2. The summed E-state index contributed by atoms with van der Waals surface area (Å²) in [5.41, 5.74) is 10.0. The average molecular weight is 420 g/mol. The fourth-order valence-electron chi connectivity index (χ4n) is 4.25. The highest BCUT2D eigenvalue weighted by atomic mass is 16.3. The number of benzene rings is 1. The van der Waals surface area contributed by atoms with Crippen molar-refractivity contribution in [1.82, 2.24) is 14.9 Å². The van der Waals surface area contributed by atoms with Gasteiger partial charge in [0.25, 0.3) is 5.91 Å². The van der Waals surface area contributed by atoms with E-state index in [1.807, 2.05) is 43.3 Å². The zero-order valence-corrected chi connectivity index (χ0v) is 18.1. The minimum Gasteiger partial charge on any atom is -0.388 e. The van der Waals surface area contributed by atoms with Crippen LogP contribution in [0.3, 0.4) is 0 Å². The van der Waals surface area contributed by atoms with Crippen LogP contribution < -0.4 is 10.6 Å². The molecule has 0 aliphatic carbocycles. The molecule has 7 nitrogen and oxygen atoms in total. The van der Waals surface area contributed by atoms with Crippen molar-refractivity contribution in [2.75, 3.05) is 31.6 Å². The van der Waals surface area contributed by atoms with Crippen molar-refractivity contribution in [1.29, 1.82) is 0 Å². The Morgan fingerprint density at radius 2 is 2.00 bits per heavy atom. The highest BCUT2D eigenvalue weighted by molar-refractivity contribution is 5.94. The van der Waals surface area contributed by atoms with Gasteiger partial charge in [0.2, 0.25) is 0 Å². The summed E-state index contributed by atoms with van der Waals surface area (Å²) in [7, 11) is 1.74. The molecule has 1 fully saturated rings. The van der Waals surface area contributed by atoms with Gasteiger partial charge in [-0.1, -0.05) is 12.1 Å². The van der Waals surface area contributed by atoms with E-state index in [2.05, 4.69) is 14.9 Å². The number of hydrogen-bond donors (Lipinski definition) is 2. The van der Waals surface area contributed by atoms with Crippen molar-refractivity contribution in [2.45, 2.75) is 31.9 Å². The van der Waals surface area contributed by atoms with E-state index in [9.17, 15) is 9.90 Å². The standard InChI is InChI=1S/C24H29N5O2/c1-17-6-7-20-22(27-17)21(8-11-26-20)29-12-9-24(31,10-13-29)16-28(2)23(30)19-5-3-4-18(14-19)15-25/h3-8,11,14,31H,9-10,12-13,15-16,25H2,1-2H3. The molecule has 3 heterocycles. The van der Waals surface area contributed by atoms with E-state index in [-0.39, 0.29) is 5.91 Å². The van der Waals surface area contributed by atoms with E-state index in [0.29, 0.717) is 44.6 Å². The van der Waals surface area contributed by atoms with Crippen LogP contribution in [0.15, 0.2) is 48.7 Å². The number of aliphatic hydroxyl groups is 1. The Bertz CT molecular complexity index is 1090. The minimum atomic E-state index is -0.918. The highest BCUT2D eigenvalue weighted by Gasteiger charge is 2.35. The summed E-state index contributed by atoms with van der Waals surface area (Å²) in [5, 5.41) is 11.2. The van der Waals surface area contributed by atoms with Gasteiger partial charge >= 0.3 is 0 Å². The lowest BCUT2D eigenvalue weighted by atomic mass is 9.90. The Labute approximate surface area is 182 Å². The fraction of sp³-hybridized carbons (Fsp3) is 0.375. The van der Waals surface area contributed by atoms with Crippen molar-refractivity contribution in [3.63, 3.8) is 0 Å². The number of hydrogen-bond acceptors (Lipinski definition) is 6. The fourth-order valence-corrected chi connectivity index (χ4v) is 4.25. The normalized spacial score (nSPS) is 15.8. The Kier molecular flexibility index (Phi) is 5.89. The Morgan fingerprint density at radius 3 is 2.74 bits per heavy atom. The molecule has 1 saturated heterocycles. The predicted octanol–water partition coefficient (Wildman–Crippen LogP) is 2.50. The van der Waals surface area contributed by atoms with Crippen molar-refractivity contribution in [2.24, 2.45) is 5.73 Å². The summed E-state index contributed by atoms with van der Waals surface area (Å²) < 4.78 is 0. The van der Waals surface area contributed by atoms with Crippen molar-refractivity contribution >= 4 is 22.6 Å². The van der Waals surface area contributed by atoms with Gasteiger partial charge < -0.3 is 20.6 Å². The molecule has 162 valence electrons. The van der Waals surface area contributed by atoms with Crippen LogP contribution in [0.2, 0.25) is 0 Å². The average Bonchev–Trinajstić information content (AvgIpc) is 2.78. The lowest BCUT2D eigenvalue weighted by Gasteiger charge is -2.41. The van der Waals surface area contributed by atoms with Gasteiger partial charge in [-0.2, -0.15) is 0 Å². The topological polar surface area (TPSA) is 95.6 Å². The molecule has 0 unspecified atom stereocenters. The first kappa shape index (κ1) is 21.2. The quantitative estimate of drug-likeness (QED) is 0.660. The molecule has 0 spiro atoms. The van der Waals surface area contributed by atoms with Gasteiger partial charge in [-0.15, -0.1) is 0 Å². The Morgan fingerprint density at radius 1 is 1.23 bits per heavy atom. The first-order valence-electron chi connectivity index (χ1n) is 10.6. The number of anilines is 1. The molecule has 1 aliphatic heterocycles. The van der Waals surface area contributed by atoms with Gasteiger partial charge in [-0.3, -0.25) is 9.78 Å². The maximum absolute atomic E-state index is 12.8. The third kappa shape index (κ3) is 4.52. The lowest BCUT2D eigenvalue weighted by Crippen LogP contribution is -2.51. The smallest absolute Gasteiger partial charge is 0.253 e. The molecule has 7 heteroatoms. The van der Waals surface area contributed by atoms with Crippen molar-refractivity contribution in [3.05, 3.63) is 65.5 Å². The summed E-state index contributed by atoms with van der Waals surface area (Å²) in [6.45, 7) is 4.04. The van der Waals surface area contributed by atoms with E-state index in [4.69, 9.17) is 5.73 Å². The van der Waals surface area contributed by atoms with Gasteiger partial charge in [-0.05, 0) is 55.7 Å². The van der Waals surface area contributed by atoms with Crippen LogP contribution in [0.5, 0.6) is 0 Å². The Balaban J connectivity index is 1.44. The lowest BCUT2D eigenvalue weighted by molar-refractivity contribution is -0.00799. The molecule has 31 heavy (non-hydrogen) atoms. The molecule has 0 atom stereocenters. The maximum Gasteiger partial charge on any atom is 0.253 e. The number of rotatable bonds is 5. The number of nitrogens with two attached hydrogens (primary N) is 1. The monoisotopic (exact) mass is 419 g/mol. The molecule has 4 rings (SSSR count). The summed E-state index contributed by atoms with van der Waals surface area (Å²) in [5.74, 6) is -0.106. The molecule has 1 aromatic carbocycles. The number of carbonyl (C=O) groups is 1. The molecular weight excluding hydrogens is 390 g/mol. The summed E-state index contributed by atoms with van der Waals surface area (Å²) >= 11 is 0. The highest BCUT2D eigenvalue weighted by Crippen LogP contribution is 2.30. The van der Waals surface area contributed by atoms with Crippen LogP contribution in [0.4, 0.5) is 5.69 Å². The molecule has 0 saturated carbocycles. The van der Waals surface area contributed by atoms with Gasteiger partial charge in [0, 0.05) is 50.7 Å². The van der Waals surface area contributed by atoms with Crippen LogP contribution in [0.25, 0.3) is 11.0 Å². The molecule has 3 N–H and O–H groups in total. The van der Waals surface area contributed by atoms with Gasteiger partial charge in [0.05, 0.1) is 16.8 Å².